The zero-order valence-corrected chi connectivity index (χ0v) is 16.1. The Morgan fingerprint density at radius 1 is 1.04 bits per heavy atom. The fourth-order valence-corrected chi connectivity index (χ4v) is 3.05. The Morgan fingerprint density at radius 3 is 2.44 bits per heavy atom. The molecule has 0 saturated carbocycles. The summed E-state index contributed by atoms with van der Waals surface area (Å²) < 4.78 is 10.6. The lowest BCUT2D eigenvalue weighted by atomic mass is 10.2. The number of nitrogens with one attached hydrogen (secondary N) is 1. The number of aromatic nitrogens is 3. The van der Waals surface area contributed by atoms with Crippen LogP contribution in [0.5, 0.6) is 11.5 Å². The van der Waals surface area contributed by atoms with Crippen LogP contribution in [0.3, 0.4) is 0 Å². The Kier molecular flexibility index (Phi) is 6.25. The van der Waals surface area contributed by atoms with Gasteiger partial charge in [0.2, 0.25) is 11.9 Å². The summed E-state index contributed by atoms with van der Waals surface area (Å²) in [7, 11) is 3.21. The van der Waals surface area contributed by atoms with Gasteiger partial charge in [-0.05, 0) is 18.7 Å². The first-order valence-corrected chi connectivity index (χ1v) is 9.05. The number of nitrogens with two attached hydrogens (primary N) is 1. The molecule has 27 heavy (non-hydrogen) atoms. The maximum atomic E-state index is 5.90. The number of hydrogen-bond donors (Lipinski definition) is 2. The SMILES string of the molecule is CCN1CCN(Cc2nc(N)nc(Nc3ccc(OC)cc3OC)n2)CC1. The highest BCUT2D eigenvalue weighted by Gasteiger charge is 2.17. The molecule has 9 nitrogen and oxygen atoms in total. The van der Waals surface area contributed by atoms with Gasteiger partial charge in [-0.15, -0.1) is 0 Å². The Balaban J connectivity index is 1.72. The molecule has 0 atom stereocenters. The van der Waals surface area contributed by atoms with Crippen LogP contribution in [0.1, 0.15) is 12.7 Å². The van der Waals surface area contributed by atoms with E-state index in [1.165, 1.54) is 0 Å². The van der Waals surface area contributed by atoms with E-state index in [9.17, 15) is 0 Å². The lowest BCUT2D eigenvalue weighted by Crippen LogP contribution is -2.45. The number of nitrogens with zero attached hydrogens (tertiary/aromatic N) is 5. The lowest BCUT2D eigenvalue weighted by molar-refractivity contribution is 0.129. The van der Waals surface area contributed by atoms with Gasteiger partial charge in [0.1, 0.15) is 17.3 Å². The molecule has 0 spiro atoms. The maximum absolute atomic E-state index is 5.90. The van der Waals surface area contributed by atoms with Gasteiger partial charge in [0.05, 0.1) is 26.5 Å². The van der Waals surface area contributed by atoms with Crippen molar-refractivity contribution in [3.8, 4) is 11.5 Å². The Hall–Kier alpha value is -2.65. The minimum atomic E-state index is 0.196. The molecule has 3 N–H and O–H groups in total. The van der Waals surface area contributed by atoms with E-state index in [2.05, 4.69) is 37.0 Å². The van der Waals surface area contributed by atoms with Crippen LogP contribution in [0, 0.1) is 0 Å². The Morgan fingerprint density at radius 2 is 1.78 bits per heavy atom. The van der Waals surface area contributed by atoms with Gasteiger partial charge < -0.3 is 25.4 Å². The fourth-order valence-electron chi connectivity index (χ4n) is 3.05. The third-order valence-electron chi connectivity index (χ3n) is 4.63. The predicted octanol–water partition coefficient (Wildman–Crippen LogP) is 1.35. The summed E-state index contributed by atoms with van der Waals surface area (Å²) in [6.45, 7) is 8.04. The second-order valence-corrected chi connectivity index (χ2v) is 6.34. The first kappa shape index (κ1) is 19.1. The van der Waals surface area contributed by atoms with Gasteiger partial charge in [-0.3, -0.25) is 4.90 Å². The molecule has 2 aromatic rings. The van der Waals surface area contributed by atoms with Gasteiger partial charge in [-0.2, -0.15) is 15.0 Å². The standard InChI is InChI=1S/C18H27N7O2/c1-4-24-7-9-25(10-8-24)12-16-21-17(19)23-18(22-16)20-14-6-5-13(26-2)11-15(14)27-3/h5-6,11H,4,7-10,12H2,1-3H3,(H3,19,20,21,22,23). The van der Waals surface area contributed by atoms with Crippen LogP contribution in [-0.2, 0) is 6.54 Å². The summed E-state index contributed by atoms with van der Waals surface area (Å²) in [6.07, 6.45) is 0. The molecule has 1 aromatic carbocycles. The number of anilines is 3. The van der Waals surface area contributed by atoms with Crippen LogP contribution in [0.4, 0.5) is 17.6 Å². The Labute approximate surface area is 159 Å². The van der Waals surface area contributed by atoms with Crippen LogP contribution < -0.4 is 20.5 Å². The number of ether oxygens (including phenoxy) is 2. The number of nitrogen functional groups attached to an aromatic ring is 1. The molecule has 0 aliphatic carbocycles. The average molecular weight is 373 g/mol. The monoisotopic (exact) mass is 373 g/mol. The molecule has 146 valence electrons. The van der Waals surface area contributed by atoms with E-state index in [4.69, 9.17) is 15.2 Å². The molecule has 1 fully saturated rings. The van der Waals surface area contributed by atoms with E-state index in [0.29, 0.717) is 29.8 Å². The zero-order chi connectivity index (χ0) is 19.2. The third kappa shape index (κ3) is 4.95. The van der Waals surface area contributed by atoms with Crippen molar-refractivity contribution in [2.75, 3.05) is 58.0 Å². The molecule has 2 heterocycles. The Bertz CT molecular complexity index is 763. The number of likely N-dealkylation sites (N-methyl/N-ethyl adjacent to an activating group) is 1. The van der Waals surface area contributed by atoms with Gasteiger partial charge in [0.25, 0.3) is 0 Å². The molecule has 0 bridgehead atoms. The van der Waals surface area contributed by atoms with Crippen molar-refractivity contribution in [1.29, 1.82) is 0 Å². The molecule has 1 aliphatic rings. The first-order chi connectivity index (χ1) is 13.1. The highest BCUT2D eigenvalue weighted by Crippen LogP contribution is 2.30. The van der Waals surface area contributed by atoms with Crippen molar-refractivity contribution in [3.05, 3.63) is 24.0 Å². The second-order valence-electron chi connectivity index (χ2n) is 6.34. The quantitative estimate of drug-likeness (QED) is 0.744. The third-order valence-corrected chi connectivity index (χ3v) is 4.63. The van der Waals surface area contributed by atoms with E-state index in [0.717, 1.165) is 38.4 Å². The minimum absolute atomic E-state index is 0.196. The van der Waals surface area contributed by atoms with Crippen LogP contribution in [0.2, 0.25) is 0 Å². The summed E-state index contributed by atoms with van der Waals surface area (Å²) >= 11 is 0. The summed E-state index contributed by atoms with van der Waals surface area (Å²) in [5.41, 5.74) is 6.63. The molecule has 9 heteroatoms. The molecule has 0 radical (unpaired) electrons. The number of hydrogen-bond acceptors (Lipinski definition) is 9. The van der Waals surface area contributed by atoms with E-state index < -0.39 is 0 Å². The number of methoxy groups -OCH3 is 2. The van der Waals surface area contributed by atoms with Gasteiger partial charge in [0.15, 0.2) is 0 Å². The highest BCUT2D eigenvalue weighted by molar-refractivity contribution is 5.64. The molecule has 1 saturated heterocycles. The molecule has 1 aromatic heterocycles. The number of benzene rings is 1. The average Bonchev–Trinajstić information content (AvgIpc) is 2.68. The van der Waals surface area contributed by atoms with Crippen molar-refractivity contribution in [1.82, 2.24) is 24.8 Å². The van der Waals surface area contributed by atoms with Crippen molar-refractivity contribution >= 4 is 17.6 Å². The van der Waals surface area contributed by atoms with Crippen LogP contribution in [0.15, 0.2) is 18.2 Å². The zero-order valence-electron chi connectivity index (χ0n) is 16.1. The molecule has 1 aliphatic heterocycles. The van der Waals surface area contributed by atoms with Gasteiger partial charge in [0, 0.05) is 32.2 Å². The maximum Gasteiger partial charge on any atom is 0.232 e. The fraction of sp³-hybridized carbons (Fsp3) is 0.500. The molecular weight excluding hydrogens is 346 g/mol. The van der Waals surface area contributed by atoms with Gasteiger partial charge in [-0.1, -0.05) is 6.92 Å². The second kappa shape index (κ2) is 8.83. The lowest BCUT2D eigenvalue weighted by Gasteiger charge is -2.33. The largest absolute Gasteiger partial charge is 0.497 e. The van der Waals surface area contributed by atoms with Gasteiger partial charge in [-0.25, -0.2) is 0 Å². The number of rotatable bonds is 7. The highest BCUT2D eigenvalue weighted by atomic mass is 16.5. The smallest absolute Gasteiger partial charge is 0.232 e. The van der Waals surface area contributed by atoms with Crippen molar-refractivity contribution in [3.63, 3.8) is 0 Å². The normalized spacial score (nSPS) is 15.5. The van der Waals surface area contributed by atoms with E-state index in [1.807, 2.05) is 12.1 Å². The van der Waals surface area contributed by atoms with E-state index in [1.54, 1.807) is 20.3 Å². The van der Waals surface area contributed by atoms with Crippen molar-refractivity contribution in [2.45, 2.75) is 13.5 Å². The molecule has 3 rings (SSSR count). The first-order valence-electron chi connectivity index (χ1n) is 9.05. The molecule has 0 unspecified atom stereocenters. The predicted molar refractivity (Wildman–Crippen MR) is 104 cm³/mol. The molecule has 0 amide bonds. The van der Waals surface area contributed by atoms with Crippen molar-refractivity contribution in [2.24, 2.45) is 0 Å². The van der Waals surface area contributed by atoms with Crippen LogP contribution in [-0.4, -0.2) is 71.7 Å². The molecular formula is C18H27N7O2. The van der Waals surface area contributed by atoms with Crippen LogP contribution >= 0.6 is 0 Å². The summed E-state index contributed by atoms with van der Waals surface area (Å²) in [5.74, 6) is 2.59. The van der Waals surface area contributed by atoms with E-state index >= 15 is 0 Å². The van der Waals surface area contributed by atoms with Crippen LogP contribution in [0.25, 0.3) is 0 Å². The number of piperazine rings is 1. The van der Waals surface area contributed by atoms with Gasteiger partial charge >= 0.3 is 0 Å². The summed E-state index contributed by atoms with van der Waals surface area (Å²) in [5, 5.41) is 3.16. The summed E-state index contributed by atoms with van der Waals surface area (Å²) in [6, 6.07) is 5.48. The summed E-state index contributed by atoms with van der Waals surface area (Å²) in [4.78, 5) is 17.8. The minimum Gasteiger partial charge on any atom is -0.497 e. The van der Waals surface area contributed by atoms with Crippen molar-refractivity contribution < 1.29 is 9.47 Å². The van der Waals surface area contributed by atoms with E-state index in [-0.39, 0.29) is 5.95 Å². The topological polar surface area (TPSA) is 102 Å².